The Balaban J connectivity index is 2.12. The van der Waals surface area contributed by atoms with E-state index in [1.165, 1.54) is 11.1 Å². The molecule has 5 nitrogen and oxygen atoms in total. The van der Waals surface area contributed by atoms with Gasteiger partial charge in [-0.1, -0.05) is 13.8 Å². The third-order valence-corrected chi connectivity index (χ3v) is 4.17. The average Bonchev–Trinajstić information content (AvgIpc) is 2.86. The van der Waals surface area contributed by atoms with Gasteiger partial charge < -0.3 is 14.5 Å². The van der Waals surface area contributed by atoms with Crippen LogP contribution in [0.5, 0.6) is 0 Å². The molecule has 2 aromatic rings. The van der Waals surface area contributed by atoms with Crippen LogP contribution in [-0.4, -0.2) is 23.5 Å². The fourth-order valence-corrected chi connectivity index (χ4v) is 2.92. The van der Waals surface area contributed by atoms with Crippen LogP contribution in [0.25, 0.3) is 11.0 Å². The molecule has 1 atom stereocenters. The van der Waals surface area contributed by atoms with Crippen molar-refractivity contribution in [3.63, 3.8) is 0 Å². The first kappa shape index (κ1) is 20.0. The number of carbonyl (C=O) groups is 2. The highest BCUT2D eigenvalue weighted by Gasteiger charge is 2.23. The quantitative estimate of drug-likeness (QED) is 0.810. The minimum atomic E-state index is -0.839. The van der Waals surface area contributed by atoms with Gasteiger partial charge in [0.2, 0.25) is 0 Å². The molecule has 1 aromatic heterocycles. The predicted molar refractivity (Wildman–Crippen MR) is 102 cm³/mol. The highest BCUT2D eigenvalue weighted by Crippen LogP contribution is 2.29. The molecule has 0 aliphatic rings. The Morgan fingerprint density at radius 2 is 1.85 bits per heavy atom. The number of fused-ring (bicyclic) bond motifs is 1. The van der Waals surface area contributed by atoms with Gasteiger partial charge >= 0.3 is 5.97 Å². The number of ether oxygens (including phenoxy) is 1. The first-order chi connectivity index (χ1) is 12.0. The van der Waals surface area contributed by atoms with Crippen LogP contribution in [0.2, 0.25) is 0 Å². The molecule has 0 fully saturated rings. The average molecular weight is 359 g/mol. The summed E-state index contributed by atoms with van der Waals surface area (Å²) in [6.07, 6.45) is 0.823. The van der Waals surface area contributed by atoms with E-state index in [2.05, 4.69) is 32.2 Å². The Morgan fingerprint density at radius 3 is 2.42 bits per heavy atom. The van der Waals surface area contributed by atoms with E-state index in [-0.39, 0.29) is 17.9 Å². The van der Waals surface area contributed by atoms with E-state index < -0.39 is 12.1 Å². The van der Waals surface area contributed by atoms with Gasteiger partial charge in [-0.05, 0) is 63.8 Å². The van der Waals surface area contributed by atoms with Crippen molar-refractivity contribution in [2.75, 3.05) is 0 Å². The molecule has 1 heterocycles. The van der Waals surface area contributed by atoms with Crippen molar-refractivity contribution in [1.29, 1.82) is 0 Å². The van der Waals surface area contributed by atoms with E-state index in [9.17, 15) is 9.59 Å². The van der Waals surface area contributed by atoms with Crippen LogP contribution in [0.1, 0.15) is 64.2 Å². The van der Waals surface area contributed by atoms with Crippen molar-refractivity contribution in [2.24, 2.45) is 0 Å². The summed E-state index contributed by atoms with van der Waals surface area (Å²) in [5.41, 5.74) is 3.56. The number of aryl methyl sites for hydroxylation is 1. The molecule has 1 amide bonds. The van der Waals surface area contributed by atoms with Crippen molar-refractivity contribution in [3.05, 3.63) is 35.1 Å². The second-order valence-corrected chi connectivity index (χ2v) is 8.17. The Labute approximate surface area is 155 Å². The molecule has 0 saturated heterocycles. The monoisotopic (exact) mass is 359 g/mol. The normalized spacial score (nSPS) is 13.1. The number of amides is 1. The van der Waals surface area contributed by atoms with Crippen LogP contribution < -0.4 is 5.32 Å². The maximum absolute atomic E-state index is 12.3. The molecule has 1 N–H and O–H groups in total. The molecular formula is C21H29NO4. The smallest absolute Gasteiger partial charge is 0.311 e. The second-order valence-electron chi connectivity index (χ2n) is 8.17. The lowest BCUT2D eigenvalue weighted by molar-refractivity contribution is -0.154. The zero-order valence-corrected chi connectivity index (χ0v) is 16.7. The molecule has 0 bridgehead atoms. The summed E-state index contributed by atoms with van der Waals surface area (Å²) in [7, 11) is 0. The fraction of sp³-hybridized carbons (Fsp3) is 0.524. The molecule has 0 aliphatic heterocycles. The number of rotatable bonds is 5. The standard InChI is InChI=1S/C21H29NO4/c1-12(2)16-10-17-15(11-25-18(17)8-13(16)3)9-19(23)26-14(4)20(24)22-21(5,6)7/h8,10-12,14H,9H2,1-7H3,(H,22,24). The van der Waals surface area contributed by atoms with Crippen LogP contribution in [0.3, 0.4) is 0 Å². The summed E-state index contributed by atoms with van der Waals surface area (Å²) < 4.78 is 10.9. The summed E-state index contributed by atoms with van der Waals surface area (Å²) in [5.74, 6) is -0.369. The molecule has 1 aromatic carbocycles. The Kier molecular flexibility index (Phi) is 5.79. The number of hydrogen-bond acceptors (Lipinski definition) is 4. The Bertz CT molecular complexity index is 811. The number of nitrogens with one attached hydrogen (secondary N) is 1. The predicted octanol–water partition coefficient (Wildman–Crippen LogP) is 4.25. The first-order valence-corrected chi connectivity index (χ1v) is 9.00. The SMILES string of the molecule is Cc1cc2occ(CC(=O)OC(C)C(=O)NC(C)(C)C)c2cc1C(C)C. The highest BCUT2D eigenvalue weighted by molar-refractivity contribution is 5.88. The summed E-state index contributed by atoms with van der Waals surface area (Å²) in [6.45, 7) is 13.5. The summed E-state index contributed by atoms with van der Waals surface area (Å²) in [5, 5.41) is 3.72. The maximum Gasteiger partial charge on any atom is 0.311 e. The van der Waals surface area contributed by atoms with Gasteiger partial charge in [0.05, 0.1) is 12.7 Å². The van der Waals surface area contributed by atoms with Gasteiger partial charge in [-0.25, -0.2) is 0 Å². The van der Waals surface area contributed by atoms with Gasteiger partial charge in [-0.2, -0.15) is 0 Å². The van der Waals surface area contributed by atoms with Crippen molar-refractivity contribution < 1.29 is 18.7 Å². The van der Waals surface area contributed by atoms with Gasteiger partial charge in [0.15, 0.2) is 6.10 Å². The van der Waals surface area contributed by atoms with Crippen molar-refractivity contribution >= 4 is 22.8 Å². The topological polar surface area (TPSA) is 68.5 Å². The van der Waals surface area contributed by atoms with Crippen LogP contribution >= 0.6 is 0 Å². The van der Waals surface area contributed by atoms with E-state index in [0.29, 0.717) is 5.92 Å². The molecule has 0 saturated carbocycles. The minimum absolute atomic E-state index is 0.0702. The molecular weight excluding hydrogens is 330 g/mol. The number of hydrogen-bond donors (Lipinski definition) is 1. The van der Waals surface area contributed by atoms with Gasteiger partial charge in [0.25, 0.3) is 5.91 Å². The zero-order valence-electron chi connectivity index (χ0n) is 16.7. The number of carbonyl (C=O) groups excluding carboxylic acids is 2. The van der Waals surface area contributed by atoms with E-state index in [1.54, 1.807) is 13.2 Å². The van der Waals surface area contributed by atoms with Crippen molar-refractivity contribution in [2.45, 2.75) is 72.4 Å². The molecule has 5 heteroatoms. The maximum atomic E-state index is 12.3. The van der Waals surface area contributed by atoms with Crippen molar-refractivity contribution in [3.8, 4) is 0 Å². The third-order valence-electron chi connectivity index (χ3n) is 4.17. The highest BCUT2D eigenvalue weighted by atomic mass is 16.5. The summed E-state index contributed by atoms with van der Waals surface area (Å²) >= 11 is 0. The van der Waals surface area contributed by atoms with E-state index in [4.69, 9.17) is 9.15 Å². The van der Waals surface area contributed by atoms with Gasteiger partial charge in [0, 0.05) is 16.5 Å². The molecule has 0 spiro atoms. The molecule has 26 heavy (non-hydrogen) atoms. The number of esters is 1. The third kappa shape index (κ3) is 4.87. The molecule has 0 aliphatic carbocycles. The fourth-order valence-electron chi connectivity index (χ4n) is 2.92. The lowest BCUT2D eigenvalue weighted by Gasteiger charge is -2.23. The largest absolute Gasteiger partial charge is 0.464 e. The van der Waals surface area contributed by atoms with Crippen molar-refractivity contribution in [1.82, 2.24) is 5.32 Å². The molecule has 2 rings (SSSR count). The summed E-state index contributed by atoms with van der Waals surface area (Å²) in [4.78, 5) is 24.3. The number of furan rings is 1. The minimum Gasteiger partial charge on any atom is -0.464 e. The second kappa shape index (κ2) is 7.52. The first-order valence-electron chi connectivity index (χ1n) is 9.00. The van der Waals surface area contributed by atoms with E-state index >= 15 is 0 Å². The molecule has 1 unspecified atom stereocenters. The Hall–Kier alpha value is -2.30. The zero-order chi connectivity index (χ0) is 19.6. The van der Waals surface area contributed by atoms with Gasteiger partial charge in [-0.3, -0.25) is 9.59 Å². The van der Waals surface area contributed by atoms with Crippen LogP contribution in [0.15, 0.2) is 22.8 Å². The molecule has 142 valence electrons. The van der Waals surface area contributed by atoms with Crippen LogP contribution in [-0.2, 0) is 20.7 Å². The van der Waals surface area contributed by atoms with Crippen LogP contribution in [0, 0.1) is 6.92 Å². The van der Waals surface area contributed by atoms with Crippen LogP contribution in [0.4, 0.5) is 0 Å². The number of benzene rings is 1. The lowest BCUT2D eigenvalue weighted by Crippen LogP contribution is -2.46. The Morgan fingerprint density at radius 1 is 1.19 bits per heavy atom. The van der Waals surface area contributed by atoms with Gasteiger partial charge in [-0.15, -0.1) is 0 Å². The summed E-state index contributed by atoms with van der Waals surface area (Å²) in [6, 6.07) is 4.08. The van der Waals surface area contributed by atoms with Gasteiger partial charge in [0.1, 0.15) is 5.58 Å². The van der Waals surface area contributed by atoms with E-state index in [1.807, 2.05) is 26.8 Å². The van der Waals surface area contributed by atoms with E-state index in [0.717, 1.165) is 16.5 Å². The molecule has 0 radical (unpaired) electrons. The lowest BCUT2D eigenvalue weighted by atomic mass is 9.95.